The molecule has 8 rings (SSSR count). The van der Waals surface area contributed by atoms with Gasteiger partial charge in [-0.2, -0.15) is 0 Å². The molecule has 0 bridgehead atoms. The lowest BCUT2D eigenvalue weighted by Gasteiger charge is -2.20. The van der Waals surface area contributed by atoms with Gasteiger partial charge < -0.3 is 0 Å². The molecule has 1 heteroatoms. The molecule has 1 aliphatic carbocycles. The van der Waals surface area contributed by atoms with E-state index in [0.717, 1.165) is 6.42 Å². The van der Waals surface area contributed by atoms with E-state index in [9.17, 15) is 0 Å². The molecule has 7 aromatic carbocycles. The number of hydrogen-bond acceptors (Lipinski definition) is 0. The molecule has 1 atom stereocenters. The number of rotatable bonds is 6. The SMILES string of the molecule is C1=CCC=CC(P(c2ccccc2)c2ccc(-c3cccc(-c4c5ccccc5c(-c5ccccc5)c5ccccc45)c3)cc2)=C1. The lowest BCUT2D eigenvalue weighted by atomic mass is 9.85. The van der Waals surface area contributed by atoms with Crippen LogP contribution in [-0.2, 0) is 0 Å². The van der Waals surface area contributed by atoms with E-state index in [0.29, 0.717) is 0 Å². The summed E-state index contributed by atoms with van der Waals surface area (Å²) in [7, 11) is -0.649. The third-order valence-electron chi connectivity index (χ3n) is 8.84. The molecule has 0 saturated carbocycles. The maximum Gasteiger partial charge on any atom is -0.00262 e. The molecule has 46 heavy (non-hydrogen) atoms. The van der Waals surface area contributed by atoms with E-state index < -0.39 is 7.92 Å². The van der Waals surface area contributed by atoms with Crippen molar-refractivity contribution in [2.24, 2.45) is 0 Å². The van der Waals surface area contributed by atoms with Crippen molar-refractivity contribution < 1.29 is 0 Å². The van der Waals surface area contributed by atoms with Gasteiger partial charge in [-0.1, -0.05) is 182 Å². The molecular formula is C45H33P. The lowest BCUT2D eigenvalue weighted by molar-refractivity contribution is 1.41. The molecule has 0 spiro atoms. The van der Waals surface area contributed by atoms with Crippen molar-refractivity contribution in [2.45, 2.75) is 6.42 Å². The van der Waals surface area contributed by atoms with Crippen molar-refractivity contribution >= 4 is 40.1 Å². The average molecular weight is 605 g/mol. The summed E-state index contributed by atoms with van der Waals surface area (Å²) in [6, 6.07) is 57.9. The van der Waals surface area contributed by atoms with Gasteiger partial charge in [-0.3, -0.25) is 0 Å². The Labute approximate surface area is 272 Å². The van der Waals surface area contributed by atoms with Crippen LogP contribution < -0.4 is 10.6 Å². The molecule has 1 unspecified atom stereocenters. The van der Waals surface area contributed by atoms with Crippen LogP contribution in [0.15, 0.2) is 193 Å². The molecule has 0 nitrogen and oxygen atoms in total. The summed E-state index contributed by atoms with van der Waals surface area (Å²) in [5, 5.41) is 9.23. The normalized spacial score (nSPS) is 13.4. The van der Waals surface area contributed by atoms with E-state index in [2.05, 4.69) is 188 Å². The fourth-order valence-corrected chi connectivity index (χ4v) is 9.06. The summed E-state index contributed by atoms with van der Waals surface area (Å²) in [6.07, 6.45) is 12.3. The Morgan fingerprint density at radius 2 is 0.913 bits per heavy atom. The molecule has 0 heterocycles. The zero-order valence-electron chi connectivity index (χ0n) is 25.6. The lowest BCUT2D eigenvalue weighted by Crippen LogP contribution is -2.12. The van der Waals surface area contributed by atoms with Gasteiger partial charge in [-0.05, 0) is 91.3 Å². The minimum atomic E-state index is -0.649. The summed E-state index contributed by atoms with van der Waals surface area (Å²) in [4.78, 5) is 0. The average Bonchev–Trinajstić information content (AvgIpc) is 3.41. The summed E-state index contributed by atoms with van der Waals surface area (Å²) in [5.41, 5.74) is 7.53. The van der Waals surface area contributed by atoms with Gasteiger partial charge in [-0.25, -0.2) is 0 Å². The minimum absolute atomic E-state index is 0.649. The van der Waals surface area contributed by atoms with Crippen molar-refractivity contribution in [3.8, 4) is 33.4 Å². The van der Waals surface area contributed by atoms with E-state index in [1.807, 2.05) is 0 Å². The number of allylic oxidation sites excluding steroid dienone is 6. The Kier molecular flexibility index (Phi) is 7.73. The molecule has 218 valence electrons. The highest BCUT2D eigenvalue weighted by atomic mass is 31.1. The maximum atomic E-state index is 2.37. The minimum Gasteiger partial charge on any atom is -0.0807 e. The standard InChI is InChI=1S/C45H33P/c1-2-8-21-37(20-7-1)46(38-22-9-4-10-23-38)39-30-28-33(29-31-39)35-18-15-19-36(32-35)45-42-26-13-11-24-40(42)44(34-16-5-3-6-17-34)41-25-12-14-27-43(41)45/h1,3-32H,2H2. The second-order valence-electron chi connectivity index (χ2n) is 11.7. The first kappa shape index (κ1) is 28.2. The van der Waals surface area contributed by atoms with Crippen LogP contribution in [0.5, 0.6) is 0 Å². The molecule has 0 aromatic heterocycles. The highest BCUT2D eigenvalue weighted by molar-refractivity contribution is 7.77. The molecule has 0 radical (unpaired) electrons. The van der Waals surface area contributed by atoms with Gasteiger partial charge in [-0.15, -0.1) is 0 Å². The first-order valence-corrected chi connectivity index (χ1v) is 17.3. The third-order valence-corrected chi connectivity index (χ3v) is 11.3. The van der Waals surface area contributed by atoms with Crippen LogP contribution >= 0.6 is 7.92 Å². The van der Waals surface area contributed by atoms with Crippen LogP contribution in [0, 0.1) is 0 Å². The molecule has 0 fully saturated rings. The molecule has 1 aliphatic rings. The molecule has 7 aromatic rings. The quantitative estimate of drug-likeness (QED) is 0.131. The molecule has 0 N–H and O–H groups in total. The summed E-state index contributed by atoms with van der Waals surface area (Å²) < 4.78 is 0. The predicted molar refractivity (Wildman–Crippen MR) is 201 cm³/mol. The zero-order valence-corrected chi connectivity index (χ0v) is 26.4. The summed E-state index contributed by atoms with van der Waals surface area (Å²) in [5.74, 6) is 0. The van der Waals surface area contributed by atoms with Crippen molar-refractivity contribution in [3.63, 3.8) is 0 Å². The van der Waals surface area contributed by atoms with Crippen LogP contribution in [0.4, 0.5) is 0 Å². The molecule has 0 saturated heterocycles. The number of fused-ring (bicyclic) bond motifs is 2. The van der Waals surface area contributed by atoms with Crippen LogP contribution in [0.2, 0.25) is 0 Å². The smallest absolute Gasteiger partial charge is 0.00262 e. The van der Waals surface area contributed by atoms with E-state index in [-0.39, 0.29) is 0 Å². The van der Waals surface area contributed by atoms with Gasteiger partial charge in [0.25, 0.3) is 0 Å². The molecular weight excluding hydrogens is 571 g/mol. The number of benzene rings is 7. The first-order chi connectivity index (χ1) is 22.8. The van der Waals surface area contributed by atoms with Crippen molar-refractivity contribution in [1.29, 1.82) is 0 Å². The third kappa shape index (κ3) is 5.32. The van der Waals surface area contributed by atoms with E-state index in [4.69, 9.17) is 0 Å². The van der Waals surface area contributed by atoms with Crippen molar-refractivity contribution in [3.05, 3.63) is 193 Å². The van der Waals surface area contributed by atoms with E-state index in [1.54, 1.807) is 0 Å². The summed E-state index contributed by atoms with van der Waals surface area (Å²) >= 11 is 0. The van der Waals surface area contributed by atoms with Gasteiger partial charge >= 0.3 is 0 Å². The second-order valence-corrected chi connectivity index (χ2v) is 13.9. The van der Waals surface area contributed by atoms with Gasteiger partial charge in [0, 0.05) is 0 Å². The van der Waals surface area contributed by atoms with E-state index >= 15 is 0 Å². The Morgan fingerprint density at radius 1 is 0.391 bits per heavy atom. The van der Waals surface area contributed by atoms with E-state index in [1.165, 1.54) is 70.8 Å². The van der Waals surface area contributed by atoms with Gasteiger partial charge in [0.1, 0.15) is 0 Å². The zero-order chi connectivity index (χ0) is 30.7. The van der Waals surface area contributed by atoms with Gasteiger partial charge in [0.2, 0.25) is 0 Å². The monoisotopic (exact) mass is 604 g/mol. The van der Waals surface area contributed by atoms with Crippen LogP contribution in [0.3, 0.4) is 0 Å². The molecule has 0 aliphatic heterocycles. The Morgan fingerprint density at radius 3 is 1.57 bits per heavy atom. The van der Waals surface area contributed by atoms with Gasteiger partial charge in [0.15, 0.2) is 0 Å². The largest absolute Gasteiger partial charge is 0.0807 e. The first-order valence-electron chi connectivity index (χ1n) is 15.9. The second kappa shape index (κ2) is 12.6. The predicted octanol–water partition coefficient (Wildman–Crippen LogP) is 11.8. The maximum absolute atomic E-state index is 2.37. The fraction of sp³-hybridized carbons (Fsp3) is 0.0222. The van der Waals surface area contributed by atoms with Crippen molar-refractivity contribution in [2.75, 3.05) is 0 Å². The molecule has 0 amide bonds. The van der Waals surface area contributed by atoms with Crippen LogP contribution in [0.25, 0.3) is 54.9 Å². The topological polar surface area (TPSA) is 0 Å². The van der Waals surface area contributed by atoms with Crippen molar-refractivity contribution in [1.82, 2.24) is 0 Å². The summed E-state index contributed by atoms with van der Waals surface area (Å²) in [6.45, 7) is 0. The Bertz CT molecular complexity index is 2200. The highest BCUT2D eigenvalue weighted by Crippen LogP contribution is 2.46. The van der Waals surface area contributed by atoms with Crippen LogP contribution in [0.1, 0.15) is 6.42 Å². The number of hydrogen-bond donors (Lipinski definition) is 0. The van der Waals surface area contributed by atoms with Gasteiger partial charge in [0.05, 0.1) is 0 Å². The highest BCUT2D eigenvalue weighted by Gasteiger charge is 2.19. The van der Waals surface area contributed by atoms with Crippen LogP contribution in [-0.4, -0.2) is 0 Å². The Hall–Kier alpha value is -5.29. The Balaban J connectivity index is 1.24. The fourth-order valence-electron chi connectivity index (χ4n) is 6.75.